The first-order chi connectivity index (χ1) is 14.2. The average Bonchev–Trinajstić information content (AvgIpc) is 3.16. The molecular weight excluding hydrogens is 370 g/mol. The summed E-state index contributed by atoms with van der Waals surface area (Å²) in [6, 6.07) is 13.4. The number of pyridine rings is 1. The summed E-state index contributed by atoms with van der Waals surface area (Å²) in [5, 5.41) is 7.54. The second-order valence-corrected chi connectivity index (χ2v) is 6.94. The summed E-state index contributed by atoms with van der Waals surface area (Å²) in [6.45, 7) is 3.70. The number of nitrogens with zero attached hydrogens (tertiary/aromatic N) is 4. The van der Waals surface area contributed by atoms with Crippen LogP contribution in [0.4, 0.5) is 10.5 Å². The molecule has 3 aromatic rings. The predicted molar refractivity (Wildman–Crippen MR) is 111 cm³/mol. The average molecular weight is 395 g/mol. The zero-order valence-corrected chi connectivity index (χ0v) is 16.7. The number of carbonyl (C=O) groups excluding carboxylic acids is 1. The van der Waals surface area contributed by atoms with Crippen LogP contribution in [0.25, 0.3) is 5.52 Å². The lowest BCUT2D eigenvalue weighted by molar-refractivity contribution is 0.142. The normalized spacial score (nSPS) is 14.8. The number of anilines is 1. The monoisotopic (exact) mass is 395 g/mol. The molecule has 1 N–H and O–H groups in total. The lowest BCUT2D eigenvalue weighted by Gasteiger charge is -2.34. The van der Waals surface area contributed by atoms with Gasteiger partial charge in [-0.25, -0.2) is 9.31 Å². The fourth-order valence-electron chi connectivity index (χ4n) is 3.59. The van der Waals surface area contributed by atoms with E-state index < -0.39 is 0 Å². The van der Waals surface area contributed by atoms with Crippen molar-refractivity contribution in [3.05, 3.63) is 54.4 Å². The SMILES string of the molecule is COc1cccc(NC(=O)N2CCN(Cc3cc4ccccn4n3)CC2)c1OC. The molecule has 0 saturated carbocycles. The number of ether oxygens (including phenoxy) is 2. The van der Waals surface area contributed by atoms with Crippen LogP contribution in [0, 0.1) is 0 Å². The van der Waals surface area contributed by atoms with E-state index in [1.165, 1.54) is 0 Å². The molecule has 0 atom stereocenters. The van der Waals surface area contributed by atoms with Gasteiger partial charge in [-0.05, 0) is 30.3 Å². The van der Waals surface area contributed by atoms with Crippen LogP contribution in [-0.4, -0.2) is 65.8 Å². The first-order valence-electron chi connectivity index (χ1n) is 9.60. The van der Waals surface area contributed by atoms with E-state index >= 15 is 0 Å². The molecule has 4 rings (SSSR count). The number of para-hydroxylation sites is 1. The van der Waals surface area contributed by atoms with Crippen LogP contribution in [0.3, 0.4) is 0 Å². The number of benzene rings is 1. The van der Waals surface area contributed by atoms with Gasteiger partial charge in [-0.2, -0.15) is 5.10 Å². The first-order valence-corrected chi connectivity index (χ1v) is 9.60. The number of hydrogen-bond donors (Lipinski definition) is 1. The van der Waals surface area contributed by atoms with Gasteiger partial charge in [0.05, 0.1) is 31.1 Å². The molecule has 0 spiro atoms. The lowest BCUT2D eigenvalue weighted by Crippen LogP contribution is -2.49. The molecule has 8 heteroatoms. The number of methoxy groups -OCH3 is 2. The van der Waals surface area contributed by atoms with E-state index in [1.807, 2.05) is 39.9 Å². The molecule has 8 nitrogen and oxygen atoms in total. The Balaban J connectivity index is 1.34. The molecule has 3 heterocycles. The molecule has 152 valence electrons. The fraction of sp³-hybridized carbons (Fsp3) is 0.333. The summed E-state index contributed by atoms with van der Waals surface area (Å²) in [5.74, 6) is 1.11. The van der Waals surface area contributed by atoms with Gasteiger partial charge in [0.15, 0.2) is 11.5 Å². The Morgan fingerprint density at radius 2 is 1.90 bits per heavy atom. The van der Waals surface area contributed by atoms with Crippen molar-refractivity contribution in [3.8, 4) is 11.5 Å². The van der Waals surface area contributed by atoms with Gasteiger partial charge < -0.3 is 19.7 Å². The number of piperazine rings is 1. The minimum absolute atomic E-state index is 0.135. The van der Waals surface area contributed by atoms with Crippen LogP contribution in [0.5, 0.6) is 11.5 Å². The van der Waals surface area contributed by atoms with E-state index in [1.54, 1.807) is 26.4 Å². The molecule has 0 unspecified atom stereocenters. The minimum Gasteiger partial charge on any atom is -0.493 e. The quantitative estimate of drug-likeness (QED) is 0.719. The third-order valence-corrected chi connectivity index (χ3v) is 5.11. The van der Waals surface area contributed by atoms with Crippen molar-refractivity contribution in [2.75, 3.05) is 45.7 Å². The summed E-state index contributed by atoms with van der Waals surface area (Å²) in [6.07, 6.45) is 1.95. The van der Waals surface area contributed by atoms with Crippen molar-refractivity contribution in [2.45, 2.75) is 6.54 Å². The molecule has 2 aromatic heterocycles. The third-order valence-electron chi connectivity index (χ3n) is 5.11. The highest BCUT2D eigenvalue weighted by molar-refractivity contribution is 5.91. The van der Waals surface area contributed by atoms with E-state index in [2.05, 4.69) is 21.4 Å². The zero-order chi connectivity index (χ0) is 20.2. The van der Waals surface area contributed by atoms with E-state index in [-0.39, 0.29) is 6.03 Å². The van der Waals surface area contributed by atoms with Crippen LogP contribution >= 0.6 is 0 Å². The van der Waals surface area contributed by atoms with Gasteiger partial charge in [-0.1, -0.05) is 12.1 Å². The number of rotatable bonds is 5. The first kappa shape index (κ1) is 19.1. The number of carbonyl (C=O) groups is 1. The molecule has 1 saturated heterocycles. The topological polar surface area (TPSA) is 71.3 Å². The van der Waals surface area contributed by atoms with Gasteiger partial charge in [-0.3, -0.25) is 4.90 Å². The van der Waals surface area contributed by atoms with E-state index in [0.717, 1.165) is 30.8 Å². The highest BCUT2D eigenvalue weighted by Gasteiger charge is 2.23. The molecule has 1 fully saturated rings. The second-order valence-electron chi connectivity index (χ2n) is 6.94. The molecule has 2 amide bonds. The second kappa shape index (κ2) is 8.40. The molecule has 1 aliphatic rings. The van der Waals surface area contributed by atoms with Crippen LogP contribution in [0.2, 0.25) is 0 Å². The van der Waals surface area contributed by atoms with Gasteiger partial charge >= 0.3 is 6.03 Å². The molecule has 0 bridgehead atoms. The van der Waals surface area contributed by atoms with Crippen LogP contribution in [0.15, 0.2) is 48.7 Å². The Kier molecular flexibility index (Phi) is 5.53. The number of nitrogens with one attached hydrogen (secondary N) is 1. The van der Waals surface area contributed by atoms with Gasteiger partial charge in [0.25, 0.3) is 0 Å². The van der Waals surface area contributed by atoms with E-state index in [0.29, 0.717) is 30.3 Å². The fourth-order valence-corrected chi connectivity index (χ4v) is 3.59. The molecular formula is C21H25N5O3. The molecule has 1 aromatic carbocycles. The standard InChI is InChI=1S/C21H25N5O3/c1-28-19-8-5-7-18(20(19)29-2)22-21(27)25-12-10-24(11-13-25)15-16-14-17-6-3-4-9-26(17)23-16/h3-9,14H,10-13,15H2,1-2H3,(H,22,27). The Bertz CT molecular complexity index is 962. The van der Waals surface area contributed by atoms with E-state index in [4.69, 9.17) is 9.47 Å². The van der Waals surface area contributed by atoms with Gasteiger partial charge in [-0.15, -0.1) is 0 Å². The maximum atomic E-state index is 12.7. The predicted octanol–water partition coefficient (Wildman–Crippen LogP) is 2.70. The number of urea groups is 1. The van der Waals surface area contributed by atoms with Crippen LogP contribution < -0.4 is 14.8 Å². The van der Waals surface area contributed by atoms with Gasteiger partial charge in [0, 0.05) is 38.9 Å². The van der Waals surface area contributed by atoms with Crippen molar-refractivity contribution in [3.63, 3.8) is 0 Å². The Morgan fingerprint density at radius 3 is 2.62 bits per heavy atom. The van der Waals surface area contributed by atoms with Crippen molar-refractivity contribution in [1.29, 1.82) is 0 Å². The summed E-state index contributed by atoms with van der Waals surface area (Å²) < 4.78 is 12.6. The summed E-state index contributed by atoms with van der Waals surface area (Å²) in [4.78, 5) is 16.8. The molecule has 0 aliphatic carbocycles. The smallest absolute Gasteiger partial charge is 0.322 e. The number of fused-ring (bicyclic) bond motifs is 1. The Labute approximate surface area is 169 Å². The zero-order valence-electron chi connectivity index (χ0n) is 16.7. The van der Waals surface area contributed by atoms with Crippen molar-refractivity contribution in [2.24, 2.45) is 0 Å². The summed E-state index contributed by atoms with van der Waals surface area (Å²) in [5.41, 5.74) is 2.73. The van der Waals surface area contributed by atoms with Gasteiger partial charge in [0.1, 0.15) is 0 Å². The molecule has 29 heavy (non-hydrogen) atoms. The molecule has 0 radical (unpaired) electrons. The molecule has 1 aliphatic heterocycles. The van der Waals surface area contributed by atoms with Crippen molar-refractivity contribution < 1.29 is 14.3 Å². The number of amides is 2. The highest BCUT2D eigenvalue weighted by Crippen LogP contribution is 2.34. The number of hydrogen-bond acceptors (Lipinski definition) is 5. The van der Waals surface area contributed by atoms with E-state index in [9.17, 15) is 4.79 Å². The maximum Gasteiger partial charge on any atom is 0.322 e. The highest BCUT2D eigenvalue weighted by atomic mass is 16.5. The third kappa shape index (κ3) is 4.12. The summed E-state index contributed by atoms with van der Waals surface area (Å²) in [7, 11) is 3.14. The Hall–Kier alpha value is -3.26. The number of aromatic nitrogens is 2. The Morgan fingerprint density at radius 1 is 1.07 bits per heavy atom. The van der Waals surface area contributed by atoms with Gasteiger partial charge in [0.2, 0.25) is 0 Å². The van der Waals surface area contributed by atoms with Crippen LogP contribution in [-0.2, 0) is 6.54 Å². The largest absolute Gasteiger partial charge is 0.493 e. The van der Waals surface area contributed by atoms with Crippen molar-refractivity contribution in [1.82, 2.24) is 19.4 Å². The summed E-state index contributed by atoms with van der Waals surface area (Å²) >= 11 is 0. The van der Waals surface area contributed by atoms with Crippen molar-refractivity contribution >= 4 is 17.2 Å². The minimum atomic E-state index is -0.135. The lowest BCUT2D eigenvalue weighted by atomic mass is 10.2. The maximum absolute atomic E-state index is 12.7. The van der Waals surface area contributed by atoms with Crippen LogP contribution in [0.1, 0.15) is 5.69 Å².